The minimum absolute atomic E-state index is 0.136. The number of nitrogens with zero attached hydrogens (tertiary/aromatic N) is 1. The molecule has 3 N–H and O–H groups in total. The molecule has 0 aliphatic carbocycles. The Hall–Kier alpha value is -1.35. The number of alkyl halides is 1. The molecule has 6 nitrogen and oxygen atoms in total. The molecule has 2 rings (SSSR count). The summed E-state index contributed by atoms with van der Waals surface area (Å²) in [7, 11) is -3.64. The van der Waals surface area contributed by atoms with E-state index < -0.39 is 16.1 Å². The fourth-order valence-corrected chi connectivity index (χ4v) is 3.39. The zero-order chi connectivity index (χ0) is 15.3. The summed E-state index contributed by atoms with van der Waals surface area (Å²) < 4.78 is 26.6. The summed E-state index contributed by atoms with van der Waals surface area (Å²) in [6, 6.07) is 6.20. The molecule has 1 heterocycles. The molecule has 0 bridgehead atoms. The molecule has 21 heavy (non-hydrogen) atoms. The van der Waals surface area contributed by atoms with Crippen molar-refractivity contribution in [3.05, 3.63) is 35.8 Å². The first-order chi connectivity index (χ1) is 10.0. The van der Waals surface area contributed by atoms with Gasteiger partial charge in [0, 0.05) is 23.8 Å². The van der Waals surface area contributed by atoms with E-state index in [2.05, 4.69) is 15.0 Å². The molecule has 1 aromatic carbocycles. The Morgan fingerprint density at radius 3 is 2.62 bits per heavy atom. The Labute approximate surface area is 131 Å². The third-order valence-electron chi connectivity index (χ3n) is 2.54. The third kappa shape index (κ3) is 4.57. The molecule has 0 amide bonds. The summed E-state index contributed by atoms with van der Waals surface area (Å²) in [5.41, 5.74) is 0.701. The number of hydrogen-bond acceptors (Lipinski definition) is 6. The van der Waals surface area contributed by atoms with Crippen LogP contribution in [0, 0.1) is 0 Å². The number of nitrogens with one attached hydrogen (secondary N) is 2. The van der Waals surface area contributed by atoms with Gasteiger partial charge in [-0.1, -0.05) is 0 Å². The van der Waals surface area contributed by atoms with Crippen molar-refractivity contribution in [3.8, 4) is 0 Å². The average molecular weight is 348 g/mol. The lowest BCUT2D eigenvalue weighted by Crippen LogP contribution is -2.20. The molecule has 9 heteroatoms. The van der Waals surface area contributed by atoms with Crippen molar-refractivity contribution in [2.45, 2.75) is 11.0 Å². The number of sulfonamides is 1. The molecule has 0 saturated heterocycles. The van der Waals surface area contributed by atoms with Gasteiger partial charge in [-0.25, -0.2) is 13.4 Å². The first-order valence-corrected chi connectivity index (χ1v) is 8.91. The molecule has 0 aliphatic rings. The van der Waals surface area contributed by atoms with E-state index in [1.54, 1.807) is 17.5 Å². The lowest BCUT2D eigenvalue weighted by Gasteiger charge is -2.11. The second-order valence-corrected chi connectivity index (χ2v) is 7.04. The van der Waals surface area contributed by atoms with Crippen molar-refractivity contribution in [1.29, 1.82) is 0 Å². The number of halogens is 1. The van der Waals surface area contributed by atoms with Crippen LogP contribution in [0.4, 0.5) is 10.8 Å². The summed E-state index contributed by atoms with van der Waals surface area (Å²) in [5.74, 6) is 0.136. The van der Waals surface area contributed by atoms with Gasteiger partial charge in [0.15, 0.2) is 5.13 Å². The monoisotopic (exact) mass is 347 g/mol. The molecule has 1 atom stereocenters. The van der Waals surface area contributed by atoms with Crippen LogP contribution in [0.1, 0.15) is 0 Å². The highest BCUT2D eigenvalue weighted by molar-refractivity contribution is 7.93. The van der Waals surface area contributed by atoms with E-state index in [9.17, 15) is 13.5 Å². The minimum atomic E-state index is -3.64. The van der Waals surface area contributed by atoms with Crippen LogP contribution in [0.15, 0.2) is 40.7 Å². The van der Waals surface area contributed by atoms with Crippen molar-refractivity contribution in [2.75, 3.05) is 22.5 Å². The number of benzene rings is 1. The van der Waals surface area contributed by atoms with Crippen LogP contribution >= 0.6 is 22.9 Å². The average Bonchev–Trinajstić information content (AvgIpc) is 2.97. The molecule has 2 aromatic rings. The molecule has 0 fully saturated rings. The highest BCUT2D eigenvalue weighted by atomic mass is 35.5. The molecule has 1 aromatic heterocycles. The SMILES string of the molecule is O=S(=O)(Nc1nccs1)c1ccc(NCC(O)CCl)cc1. The highest BCUT2D eigenvalue weighted by Gasteiger charge is 2.15. The van der Waals surface area contributed by atoms with Crippen molar-refractivity contribution < 1.29 is 13.5 Å². The number of hydrogen-bond donors (Lipinski definition) is 3. The van der Waals surface area contributed by atoms with Crippen LogP contribution in [-0.4, -0.2) is 37.0 Å². The van der Waals surface area contributed by atoms with Crippen molar-refractivity contribution in [2.24, 2.45) is 0 Å². The first kappa shape index (κ1) is 16.0. The topological polar surface area (TPSA) is 91.3 Å². The molecular weight excluding hydrogens is 334 g/mol. The van der Waals surface area contributed by atoms with Gasteiger partial charge in [0.25, 0.3) is 10.0 Å². The number of rotatable bonds is 7. The van der Waals surface area contributed by atoms with E-state index in [-0.39, 0.29) is 10.8 Å². The molecule has 1 unspecified atom stereocenters. The number of aliphatic hydroxyl groups is 1. The van der Waals surface area contributed by atoms with Gasteiger partial charge in [-0.2, -0.15) is 0 Å². The summed E-state index contributed by atoms with van der Waals surface area (Å²) in [5, 5.41) is 14.3. The Balaban J connectivity index is 2.04. The largest absolute Gasteiger partial charge is 0.390 e. The van der Waals surface area contributed by atoms with Gasteiger partial charge < -0.3 is 10.4 Å². The quantitative estimate of drug-likeness (QED) is 0.666. The number of anilines is 2. The van der Waals surface area contributed by atoms with Gasteiger partial charge in [0.2, 0.25) is 0 Å². The van der Waals surface area contributed by atoms with Crippen LogP contribution < -0.4 is 10.0 Å². The van der Waals surface area contributed by atoms with Crippen LogP contribution in [0.25, 0.3) is 0 Å². The molecule has 0 saturated carbocycles. The second kappa shape index (κ2) is 7.08. The predicted octanol–water partition coefficient (Wildman–Crippen LogP) is 1.96. The van der Waals surface area contributed by atoms with E-state index >= 15 is 0 Å². The summed E-state index contributed by atoms with van der Waals surface area (Å²) in [6.07, 6.45) is 0.874. The van der Waals surface area contributed by atoms with Crippen molar-refractivity contribution in [1.82, 2.24) is 4.98 Å². The van der Waals surface area contributed by atoms with Gasteiger partial charge in [0.05, 0.1) is 16.9 Å². The second-order valence-electron chi connectivity index (χ2n) is 4.16. The molecule has 0 aliphatic heterocycles. The highest BCUT2D eigenvalue weighted by Crippen LogP contribution is 2.19. The van der Waals surface area contributed by atoms with Crippen LogP contribution in [0.2, 0.25) is 0 Å². The molecular formula is C12H14ClN3O3S2. The van der Waals surface area contributed by atoms with Crippen LogP contribution in [0.5, 0.6) is 0 Å². The fourth-order valence-electron chi connectivity index (χ4n) is 1.49. The van der Waals surface area contributed by atoms with Gasteiger partial charge in [0.1, 0.15) is 0 Å². The van der Waals surface area contributed by atoms with E-state index in [1.165, 1.54) is 29.7 Å². The van der Waals surface area contributed by atoms with Crippen molar-refractivity contribution >= 4 is 43.8 Å². The van der Waals surface area contributed by atoms with E-state index in [4.69, 9.17) is 11.6 Å². The van der Waals surface area contributed by atoms with Crippen LogP contribution in [-0.2, 0) is 10.0 Å². The van der Waals surface area contributed by atoms with E-state index in [1.807, 2.05) is 0 Å². The van der Waals surface area contributed by atoms with E-state index in [0.717, 1.165) is 0 Å². The maximum absolute atomic E-state index is 12.1. The Kier molecular flexibility index (Phi) is 5.40. The molecule has 114 valence electrons. The zero-order valence-corrected chi connectivity index (χ0v) is 13.2. The fraction of sp³-hybridized carbons (Fsp3) is 0.250. The minimum Gasteiger partial charge on any atom is -0.390 e. The number of aliphatic hydroxyl groups excluding tert-OH is 1. The van der Waals surface area contributed by atoms with Gasteiger partial charge in [-0.15, -0.1) is 22.9 Å². The normalized spacial score (nSPS) is 12.9. The van der Waals surface area contributed by atoms with Crippen LogP contribution in [0.3, 0.4) is 0 Å². The predicted molar refractivity (Wildman–Crippen MR) is 84.6 cm³/mol. The lowest BCUT2D eigenvalue weighted by molar-refractivity contribution is 0.211. The molecule has 0 radical (unpaired) electrons. The Bertz CT molecular complexity index is 660. The maximum atomic E-state index is 12.1. The Morgan fingerprint density at radius 1 is 1.33 bits per heavy atom. The van der Waals surface area contributed by atoms with Gasteiger partial charge in [-0.05, 0) is 24.3 Å². The van der Waals surface area contributed by atoms with Crippen molar-refractivity contribution in [3.63, 3.8) is 0 Å². The zero-order valence-electron chi connectivity index (χ0n) is 10.9. The number of aromatic nitrogens is 1. The summed E-state index contributed by atoms with van der Waals surface area (Å²) in [6.45, 7) is 0.299. The van der Waals surface area contributed by atoms with E-state index in [0.29, 0.717) is 17.4 Å². The lowest BCUT2D eigenvalue weighted by atomic mass is 10.3. The summed E-state index contributed by atoms with van der Waals surface area (Å²) in [4.78, 5) is 4.02. The number of thiazole rings is 1. The summed E-state index contributed by atoms with van der Waals surface area (Å²) >= 11 is 6.70. The molecule has 0 spiro atoms. The maximum Gasteiger partial charge on any atom is 0.263 e. The van der Waals surface area contributed by atoms with Gasteiger partial charge >= 0.3 is 0 Å². The first-order valence-electron chi connectivity index (χ1n) is 6.01. The smallest absolute Gasteiger partial charge is 0.263 e. The van der Waals surface area contributed by atoms with Gasteiger partial charge in [-0.3, -0.25) is 4.72 Å². The Morgan fingerprint density at radius 2 is 2.05 bits per heavy atom. The third-order valence-corrected chi connectivity index (χ3v) is 5.07. The standard InChI is InChI=1S/C12H14ClN3O3S2/c13-7-10(17)8-15-9-1-3-11(4-2-9)21(18,19)16-12-14-5-6-20-12/h1-6,10,15,17H,7-8H2,(H,14,16).